The number of nitrogens with one attached hydrogen (secondary N) is 1. The van der Waals surface area contributed by atoms with Crippen molar-refractivity contribution in [2.24, 2.45) is 0 Å². The summed E-state index contributed by atoms with van der Waals surface area (Å²) in [5, 5.41) is 13.2. The Morgan fingerprint density at radius 2 is 2.27 bits per heavy atom. The van der Waals surface area contributed by atoms with Crippen LogP contribution >= 0.6 is 23.1 Å². The number of aliphatic carboxylic acids is 1. The molecule has 0 radical (unpaired) electrons. The van der Waals surface area contributed by atoms with Gasteiger partial charge in [0.2, 0.25) is 0 Å². The number of aryl methyl sites for hydroxylation is 2. The van der Waals surface area contributed by atoms with Crippen molar-refractivity contribution in [2.45, 2.75) is 19.3 Å². The minimum absolute atomic E-state index is 0.0107. The molecule has 134 valence electrons. The molecule has 26 heavy (non-hydrogen) atoms. The van der Waals surface area contributed by atoms with Crippen LogP contribution in [0, 0.1) is 0 Å². The summed E-state index contributed by atoms with van der Waals surface area (Å²) in [6.07, 6.45) is 8.42. The summed E-state index contributed by atoms with van der Waals surface area (Å²) in [6, 6.07) is 0. The zero-order valence-electron chi connectivity index (χ0n) is 13.8. The fraction of sp³-hybridized carbons (Fsp3) is 0.235. The van der Waals surface area contributed by atoms with Crippen LogP contribution < -0.4 is 5.32 Å². The van der Waals surface area contributed by atoms with E-state index in [0.717, 1.165) is 35.3 Å². The minimum Gasteiger partial charge on any atom is -0.477 e. The fourth-order valence-electron chi connectivity index (χ4n) is 2.96. The molecule has 0 amide bonds. The van der Waals surface area contributed by atoms with E-state index in [-0.39, 0.29) is 11.3 Å². The van der Waals surface area contributed by atoms with Crippen molar-refractivity contribution in [3.05, 3.63) is 50.2 Å². The maximum absolute atomic E-state index is 12.1. The summed E-state index contributed by atoms with van der Waals surface area (Å²) < 4.78 is 6.93. The molecule has 1 aliphatic heterocycles. The highest BCUT2D eigenvalue weighted by Crippen LogP contribution is 2.34. The van der Waals surface area contributed by atoms with Crippen LogP contribution in [0.1, 0.15) is 22.7 Å². The summed E-state index contributed by atoms with van der Waals surface area (Å²) in [7, 11) is 1.29. The number of fused-ring (bicyclic) bond motifs is 3. The second-order valence-corrected chi connectivity index (χ2v) is 7.77. The summed E-state index contributed by atoms with van der Waals surface area (Å²) >= 11 is 2.84. The number of nitrogens with zero attached hydrogens (tertiary/aromatic N) is 2. The van der Waals surface area contributed by atoms with Gasteiger partial charge in [-0.25, -0.2) is 14.6 Å². The number of carbonyl (C=O) groups excluding carboxylic acids is 1. The normalized spacial score (nSPS) is 18.1. The average Bonchev–Trinajstić information content (AvgIpc) is 3.23. The molecule has 0 aromatic carbocycles. The van der Waals surface area contributed by atoms with Gasteiger partial charge in [-0.2, -0.15) is 0 Å². The third kappa shape index (κ3) is 2.93. The highest BCUT2D eigenvalue weighted by atomic mass is 32.2. The molecule has 0 spiro atoms. The Hall–Kier alpha value is -2.52. The van der Waals surface area contributed by atoms with Gasteiger partial charge in [0.1, 0.15) is 5.70 Å². The summed E-state index contributed by atoms with van der Waals surface area (Å²) in [5.41, 5.74) is 2.28. The highest BCUT2D eigenvalue weighted by molar-refractivity contribution is 8.06. The van der Waals surface area contributed by atoms with Crippen LogP contribution in [0.5, 0.6) is 0 Å². The number of thioether (sulfide) groups is 1. The first-order valence-electron chi connectivity index (χ1n) is 7.93. The Morgan fingerprint density at radius 3 is 3.04 bits per heavy atom. The predicted octanol–water partition coefficient (Wildman–Crippen LogP) is 2.54. The quantitative estimate of drug-likeness (QED) is 0.779. The molecule has 0 bridgehead atoms. The van der Waals surface area contributed by atoms with Gasteiger partial charge in [0.25, 0.3) is 0 Å². The largest absolute Gasteiger partial charge is 0.477 e. The van der Waals surface area contributed by atoms with E-state index < -0.39 is 11.9 Å². The molecule has 3 heterocycles. The lowest BCUT2D eigenvalue weighted by Crippen LogP contribution is -2.15. The van der Waals surface area contributed by atoms with E-state index in [1.165, 1.54) is 35.7 Å². The fourth-order valence-corrected chi connectivity index (χ4v) is 5.03. The number of imidazole rings is 1. The molecule has 9 heteroatoms. The molecule has 0 unspecified atom stereocenters. The third-order valence-electron chi connectivity index (χ3n) is 4.19. The van der Waals surface area contributed by atoms with Gasteiger partial charge >= 0.3 is 11.9 Å². The number of carboxylic acids is 1. The van der Waals surface area contributed by atoms with Gasteiger partial charge in [0.15, 0.2) is 4.96 Å². The Balaban J connectivity index is 1.74. The first kappa shape index (κ1) is 16.9. The van der Waals surface area contributed by atoms with E-state index in [1.54, 1.807) is 17.4 Å². The van der Waals surface area contributed by atoms with Crippen molar-refractivity contribution in [3.8, 4) is 0 Å². The van der Waals surface area contributed by atoms with Crippen LogP contribution in [0.4, 0.5) is 0 Å². The van der Waals surface area contributed by atoms with E-state index >= 15 is 0 Å². The van der Waals surface area contributed by atoms with Crippen molar-refractivity contribution >= 4 is 46.1 Å². The number of carboxylic acid groups (broad SMARTS) is 1. The molecule has 0 saturated carbocycles. The van der Waals surface area contributed by atoms with Crippen molar-refractivity contribution in [1.29, 1.82) is 0 Å². The van der Waals surface area contributed by atoms with E-state index in [0.29, 0.717) is 4.91 Å². The monoisotopic (exact) mass is 389 g/mol. The molecule has 4 rings (SSSR count). The number of hydrogen-bond acceptors (Lipinski definition) is 7. The van der Waals surface area contributed by atoms with Crippen LogP contribution in [0.25, 0.3) is 11.0 Å². The molecule has 2 aromatic rings. The van der Waals surface area contributed by atoms with E-state index in [9.17, 15) is 9.59 Å². The second kappa shape index (κ2) is 6.65. The Bertz CT molecular complexity index is 1010. The van der Waals surface area contributed by atoms with E-state index in [2.05, 4.69) is 14.7 Å². The molecule has 0 atom stereocenters. The number of esters is 1. The summed E-state index contributed by atoms with van der Waals surface area (Å²) in [6.45, 7) is 0. The number of methoxy groups -OCH3 is 1. The smallest absolute Gasteiger partial charge is 0.352 e. The number of aromatic nitrogens is 2. The van der Waals surface area contributed by atoms with Gasteiger partial charge in [0.05, 0.1) is 18.4 Å². The van der Waals surface area contributed by atoms with Gasteiger partial charge in [0, 0.05) is 33.3 Å². The number of rotatable bonds is 3. The number of carbonyl (C=O) groups is 2. The van der Waals surface area contributed by atoms with E-state index in [4.69, 9.17) is 9.84 Å². The van der Waals surface area contributed by atoms with Gasteiger partial charge in [-0.05, 0) is 25.3 Å². The lowest BCUT2D eigenvalue weighted by atomic mass is 10.2. The zero-order chi connectivity index (χ0) is 18.3. The van der Waals surface area contributed by atoms with Crippen LogP contribution in [0.2, 0.25) is 0 Å². The topological polar surface area (TPSA) is 92.9 Å². The number of ether oxygens (including phenoxy) is 1. The Morgan fingerprint density at radius 1 is 1.42 bits per heavy atom. The van der Waals surface area contributed by atoms with Crippen molar-refractivity contribution in [2.75, 3.05) is 7.11 Å². The molecule has 2 N–H and O–H groups in total. The molecular weight excluding hydrogens is 374 g/mol. The van der Waals surface area contributed by atoms with E-state index in [1.807, 2.05) is 6.20 Å². The maximum atomic E-state index is 12.1. The summed E-state index contributed by atoms with van der Waals surface area (Å²) in [5.74, 6) is -1.64. The third-order valence-corrected chi connectivity index (χ3v) is 6.29. The Labute approximate surface area is 157 Å². The molecule has 2 aliphatic rings. The Kier molecular flexibility index (Phi) is 4.33. The van der Waals surface area contributed by atoms with Crippen LogP contribution in [0.3, 0.4) is 0 Å². The summed E-state index contributed by atoms with van der Waals surface area (Å²) in [4.78, 5) is 30.8. The van der Waals surface area contributed by atoms with Crippen LogP contribution in [0.15, 0.2) is 34.0 Å². The first-order valence-corrected chi connectivity index (χ1v) is 9.63. The molecule has 0 fully saturated rings. The van der Waals surface area contributed by atoms with Gasteiger partial charge in [-0.15, -0.1) is 11.3 Å². The highest BCUT2D eigenvalue weighted by Gasteiger charge is 2.22. The lowest BCUT2D eigenvalue weighted by Gasteiger charge is -2.05. The average molecular weight is 389 g/mol. The molecular formula is C17H15N3O4S2. The maximum Gasteiger partial charge on any atom is 0.352 e. The van der Waals surface area contributed by atoms with Crippen molar-refractivity contribution < 1.29 is 19.4 Å². The zero-order valence-corrected chi connectivity index (χ0v) is 15.4. The van der Waals surface area contributed by atoms with Crippen molar-refractivity contribution in [3.63, 3.8) is 0 Å². The molecule has 7 nitrogen and oxygen atoms in total. The number of hydrogen-bond donors (Lipinski definition) is 2. The minimum atomic E-state index is -1.10. The van der Waals surface area contributed by atoms with Crippen molar-refractivity contribution in [1.82, 2.24) is 14.7 Å². The van der Waals surface area contributed by atoms with Crippen LogP contribution in [-0.4, -0.2) is 33.5 Å². The van der Waals surface area contributed by atoms with Gasteiger partial charge < -0.3 is 15.2 Å². The van der Waals surface area contributed by atoms with Crippen LogP contribution in [-0.2, 0) is 27.2 Å². The second-order valence-electron chi connectivity index (χ2n) is 5.80. The predicted molar refractivity (Wildman–Crippen MR) is 99.6 cm³/mol. The van der Waals surface area contributed by atoms with Gasteiger partial charge in [-0.3, -0.25) is 4.40 Å². The molecule has 0 saturated heterocycles. The molecule has 2 aromatic heterocycles. The molecule has 1 aliphatic carbocycles. The number of thiazole rings is 1. The standard InChI is InChI=1S/C17H15N3O4S2/c1-24-16(23)10-6-18-11(15(21)22)8-25-14(10)5-9-7-20-12-3-2-4-13(12)26-17(20)19-9/h5-8,18H,2-4H2,1H3,(H,21,22). The SMILES string of the molecule is COC(=O)C1=CNC(C(=O)O)=CSC1=Cc1cn2c3c(sc2n1)CCC3. The first-order chi connectivity index (χ1) is 12.6. The lowest BCUT2D eigenvalue weighted by molar-refractivity contribution is -0.136. The van der Waals surface area contributed by atoms with Gasteiger partial charge in [-0.1, -0.05) is 11.8 Å².